The summed E-state index contributed by atoms with van der Waals surface area (Å²) in [7, 11) is 0. The van der Waals surface area contributed by atoms with E-state index in [1.165, 1.54) is 0 Å². The van der Waals surface area contributed by atoms with Crippen molar-refractivity contribution >= 4 is 0 Å². The largest absolute Gasteiger partial charge is 0.493 e. The van der Waals surface area contributed by atoms with E-state index in [1.54, 1.807) is 6.92 Å². The Bertz CT molecular complexity index is 408. The van der Waals surface area contributed by atoms with Crippen molar-refractivity contribution in [3.63, 3.8) is 0 Å². The van der Waals surface area contributed by atoms with Gasteiger partial charge in [-0.05, 0) is 26.3 Å². The summed E-state index contributed by atoms with van der Waals surface area (Å²) in [6.45, 7) is 2.54. The first-order chi connectivity index (χ1) is 7.18. The Labute approximate surface area is 87.6 Å². The highest BCUT2D eigenvalue weighted by molar-refractivity contribution is 5.26. The van der Waals surface area contributed by atoms with Crippen LogP contribution in [0.15, 0.2) is 4.79 Å². The highest BCUT2D eigenvalue weighted by Gasteiger charge is 2.22. The van der Waals surface area contributed by atoms with Gasteiger partial charge in [-0.3, -0.25) is 4.79 Å². The molecule has 1 atom stereocenters. The van der Waals surface area contributed by atoms with E-state index in [0.29, 0.717) is 11.4 Å². The van der Waals surface area contributed by atoms with Gasteiger partial charge in [-0.1, -0.05) is 6.42 Å². The monoisotopic (exact) mass is 209 g/mol. The molecule has 0 saturated carbocycles. The summed E-state index contributed by atoms with van der Waals surface area (Å²) in [4.78, 5) is 18.1. The van der Waals surface area contributed by atoms with Gasteiger partial charge in [0, 0.05) is 6.04 Å². The lowest BCUT2D eigenvalue weighted by Crippen LogP contribution is -2.32. The minimum Gasteiger partial charge on any atom is -0.493 e. The van der Waals surface area contributed by atoms with Crippen LogP contribution in [-0.2, 0) is 0 Å². The molecule has 1 aliphatic rings. The van der Waals surface area contributed by atoms with Gasteiger partial charge in [0.05, 0.1) is 5.56 Å². The summed E-state index contributed by atoms with van der Waals surface area (Å²) < 4.78 is 0. The zero-order valence-corrected chi connectivity index (χ0v) is 8.71. The molecule has 0 spiro atoms. The third-order valence-electron chi connectivity index (χ3n) is 2.71. The van der Waals surface area contributed by atoms with E-state index < -0.39 is 0 Å². The topological polar surface area (TPSA) is 78.0 Å². The van der Waals surface area contributed by atoms with Gasteiger partial charge >= 0.3 is 0 Å². The van der Waals surface area contributed by atoms with E-state index in [1.807, 2.05) is 0 Å². The fourth-order valence-corrected chi connectivity index (χ4v) is 1.99. The number of rotatable bonds is 1. The quantitative estimate of drug-likeness (QED) is 0.633. The van der Waals surface area contributed by atoms with Crippen LogP contribution in [0.2, 0.25) is 0 Å². The molecule has 1 aromatic rings. The molecule has 0 radical (unpaired) electrons. The first-order valence-electron chi connectivity index (χ1n) is 5.21. The predicted molar refractivity (Wildman–Crippen MR) is 55.9 cm³/mol. The van der Waals surface area contributed by atoms with E-state index in [2.05, 4.69) is 15.3 Å². The first-order valence-corrected chi connectivity index (χ1v) is 5.21. The lowest BCUT2D eigenvalue weighted by molar-refractivity contribution is 0.378. The number of aryl methyl sites for hydroxylation is 1. The lowest BCUT2D eigenvalue weighted by Gasteiger charge is -2.23. The number of aromatic hydroxyl groups is 1. The molecule has 1 saturated heterocycles. The zero-order chi connectivity index (χ0) is 10.8. The van der Waals surface area contributed by atoms with Crippen molar-refractivity contribution < 1.29 is 5.11 Å². The van der Waals surface area contributed by atoms with Crippen molar-refractivity contribution in [3.05, 3.63) is 21.7 Å². The van der Waals surface area contributed by atoms with E-state index in [-0.39, 0.29) is 17.5 Å². The van der Waals surface area contributed by atoms with Crippen molar-refractivity contribution in [2.45, 2.75) is 32.2 Å². The molecule has 3 N–H and O–H groups in total. The second-order valence-electron chi connectivity index (χ2n) is 3.89. The second kappa shape index (κ2) is 4.02. The maximum atomic E-state index is 11.7. The van der Waals surface area contributed by atoms with Crippen molar-refractivity contribution in [3.8, 4) is 5.88 Å². The summed E-state index contributed by atoms with van der Waals surface area (Å²) in [6, 6.07) is -0.0596. The molecule has 15 heavy (non-hydrogen) atoms. The number of piperidine rings is 1. The summed E-state index contributed by atoms with van der Waals surface area (Å²) in [5.41, 5.74) is 0.139. The van der Waals surface area contributed by atoms with Gasteiger partial charge in [0.2, 0.25) is 5.88 Å². The number of aromatic nitrogens is 2. The van der Waals surface area contributed by atoms with Gasteiger partial charge in [-0.2, -0.15) is 0 Å². The normalized spacial score (nSPS) is 21.5. The SMILES string of the molecule is Cc1nc(O)c(C2CCCCN2)c(=O)[nH]1. The molecule has 0 aliphatic carbocycles. The summed E-state index contributed by atoms with van der Waals surface area (Å²) in [5, 5.41) is 12.9. The Hall–Kier alpha value is -1.36. The number of H-pyrrole nitrogens is 1. The lowest BCUT2D eigenvalue weighted by atomic mass is 9.99. The highest BCUT2D eigenvalue weighted by Crippen LogP contribution is 2.25. The zero-order valence-electron chi connectivity index (χ0n) is 8.71. The van der Waals surface area contributed by atoms with Crippen LogP contribution in [0, 0.1) is 6.92 Å². The molecule has 0 aromatic carbocycles. The second-order valence-corrected chi connectivity index (χ2v) is 3.89. The third kappa shape index (κ3) is 2.02. The Morgan fingerprint density at radius 3 is 2.87 bits per heavy atom. The number of hydrogen-bond acceptors (Lipinski definition) is 4. The number of hydrogen-bond donors (Lipinski definition) is 3. The van der Waals surface area contributed by atoms with Gasteiger partial charge in [-0.15, -0.1) is 0 Å². The minimum atomic E-state index is -0.237. The third-order valence-corrected chi connectivity index (χ3v) is 2.71. The van der Waals surface area contributed by atoms with Gasteiger partial charge in [-0.25, -0.2) is 4.98 Å². The molecule has 82 valence electrons. The predicted octanol–water partition coefficient (Wildman–Crippen LogP) is 0.599. The van der Waals surface area contributed by atoms with Crippen molar-refractivity contribution in [1.82, 2.24) is 15.3 Å². The van der Waals surface area contributed by atoms with Gasteiger partial charge in [0.15, 0.2) is 0 Å². The molecule has 0 bridgehead atoms. The molecule has 1 aliphatic heterocycles. The smallest absolute Gasteiger partial charge is 0.259 e. The molecule has 1 unspecified atom stereocenters. The standard InChI is InChI=1S/C10H15N3O2/c1-6-12-9(14)8(10(15)13-6)7-4-2-3-5-11-7/h7,11H,2-5H2,1H3,(H2,12,13,14,15). The molecule has 1 aromatic heterocycles. The van der Waals surface area contributed by atoms with Gasteiger partial charge < -0.3 is 15.4 Å². The van der Waals surface area contributed by atoms with E-state index >= 15 is 0 Å². The van der Waals surface area contributed by atoms with Crippen LogP contribution in [0.1, 0.15) is 36.7 Å². The van der Waals surface area contributed by atoms with Crippen LogP contribution in [-0.4, -0.2) is 21.6 Å². The molecular formula is C10H15N3O2. The van der Waals surface area contributed by atoms with Crippen LogP contribution in [0.5, 0.6) is 5.88 Å². The van der Waals surface area contributed by atoms with Crippen molar-refractivity contribution in [1.29, 1.82) is 0 Å². The molecular weight excluding hydrogens is 194 g/mol. The number of nitrogens with one attached hydrogen (secondary N) is 2. The van der Waals surface area contributed by atoms with Crippen molar-refractivity contribution in [2.24, 2.45) is 0 Å². The van der Waals surface area contributed by atoms with Crippen molar-refractivity contribution in [2.75, 3.05) is 6.54 Å². The molecule has 2 heterocycles. The Morgan fingerprint density at radius 2 is 2.27 bits per heavy atom. The Kier molecular flexibility index (Phi) is 2.73. The summed E-state index contributed by atoms with van der Waals surface area (Å²) >= 11 is 0. The van der Waals surface area contributed by atoms with Crippen LogP contribution in [0.25, 0.3) is 0 Å². The maximum Gasteiger partial charge on any atom is 0.259 e. The highest BCUT2D eigenvalue weighted by atomic mass is 16.3. The summed E-state index contributed by atoms with van der Waals surface area (Å²) in [5.74, 6) is 0.299. The van der Waals surface area contributed by atoms with Crippen LogP contribution in [0.4, 0.5) is 0 Å². The fourth-order valence-electron chi connectivity index (χ4n) is 1.99. The Morgan fingerprint density at radius 1 is 1.47 bits per heavy atom. The minimum absolute atomic E-state index is 0.0596. The maximum absolute atomic E-state index is 11.7. The first kappa shape index (κ1) is 10.2. The molecule has 5 nitrogen and oxygen atoms in total. The molecule has 0 amide bonds. The average molecular weight is 209 g/mol. The van der Waals surface area contributed by atoms with E-state index in [0.717, 1.165) is 25.8 Å². The summed E-state index contributed by atoms with van der Waals surface area (Å²) in [6.07, 6.45) is 3.07. The Balaban J connectivity index is 2.38. The van der Waals surface area contributed by atoms with Crippen LogP contribution < -0.4 is 10.9 Å². The van der Waals surface area contributed by atoms with Gasteiger partial charge in [0.25, 0.3) is 5.56 Å². The molecule has 5 heteroatoms. The van der Waals surface area contributed by atoms with Crippen LogP contribution in [0.3, 0.4) is 0 Å². The fraction of sp³-hybridized carbons (Fsp3) is 0.600. The molecule has 1 fully saturated rings. The number of nitrogens with zero attached hydrogens (tertiary/aromatic N) is 1. The van der Waals surface area contributed by atoms with E-state index in [9.17, 15) is 9.90 Å². The van der Waals surface area contributed by atoms with E-state index in [4.69, 9.17) is 0 Å². The van der Waals surface area contributed by atoms with Crippen LogP contribution >= 0.6 is 0 Å². The average Bonchev–Trinajstić information content (AvgIpc) is 2.17. The molecule has 2 rings (SSSR count). The van der Waals surface area contributed by atoms with Gasteiger partial charge in [0.1, 0.15) is 5.82 Å². The number of aromatic amines is 1.